The highest BCUT2D eigenvalue weighted by atomic mass is 16.7. The molecule has 65 heavy (non-hydrogen) atoms. The van der Waals surface area contributed by atoms with Gasteiger partial charge in [-0.3, -0.25) is 4.79 Å². The Bertz CT molecular complexity index is 2010. The molecule has 2 N–H and O–H groups in total. The fraction of sp³-hybridized carbons (Fsp3) is 0.571. The third-order valence-electron chi connectivity index (χ3n) is 13.6. The van der Waals surface area contributed by atoms with E-state index in [1.807, 2.05) is 75.2 Å². The summed E-state index contributed by atoms with van der Waals surface area (Å²) >= 11 is 0. The third kappa shape index (κ3) is 12.9. The molecule has 1 heterocycles. The van der Waals surface area contributed by atoms with E-state index >= 15 is 0 Å². The molecule has 2 aliphatic carbocycles. The molecule has 3 aliphatic rings. The highest BCUT2D eigenvalue weighted by molar-refractivity contribution is 6.03. The molecule has 0 radical (unpaired) electrons. The Morgan fingerprint density at radius 1 is 0.846 bits per heavy atom. The minimum absolute atomic E-state index is 0.0632. The Hall–Kier alpha value is -4.44. The first kappa shape index (κ1) is 50.0. The van der Waals surface area contributed by atoms with E-state index in [0.717, 1.165) is 78.7 Å². The maximum Gasteiger partial charge on any atom is 0.239 e. The Labute approximate surface area is 390 Å². The summed E-state index contributed by atoms with van der Waals surface area (Å²) in [5.41, 5.74) is 4.57. The van der Waals surface area contributed by atoms with Gasteiger partial charge in [-0.05, 0) is 112 Å². The topological polar surface area (TPSA) is 110 Å². The molecule has 1 amide bonds. The molecule has 9 heteroatoms. The lowest BCUT2D eigenvalue weighted by atomic mass is 9.55. The maximum atomic E-state index is 14.5. The third-order valence-corrected chi connectivity index (χ3v) is 13.6. The van der Waals surface area contributed by atoms with Crippen LogP contribution in [0.15, 0.2) is 102 Å². The summed E-state index contributed by atoms with van der Waals surface area (Å²) in [7, 11) is 1.91. The highest BCUT2D eigenvalue weighted by Gasteiger charge is 2.65. The number of carbonyl (C=O) groups is 1. The molecule has 6 rings (SSSR count). The van der Waals surface area contributed by atoms with Crippen molar-refractivity contribution in [3.8, 4) is 28.4 Å². The average molecular weight is 891 g/mol. The van der Waals surface area contributed by atoms with Crippen LogP contribution in [0.5, 0.6) is 17.2 Å². The molecule has 6 atom stereocenters. The van der Waals surface area contributed by atoms with Crippen molar-refractivity contribution < 1.29 is 34.1 Å². The largest absolute Gasteiger partial charge is 0.459 e. The van der Waals surface area contributed by atoms with Crippen LogP contribution in [-0.4, -0.2) is 71.0 Å². The van der Waals surface area contributed by atoms with E-state index < -0.39 is 17.4 Å². The van der Waals surface area contributed by atoms with Crippen LogP contribution in [0.4, 0.5) is 0 Å². The summed E-state index contributed by atoms with van der Waals surface area (Å²) in [6.07, 6.45) is 20.5. The van der Waals surface area contributed by atoms with Crippen molar-refractivity contribution in [3.05, 3.63) is 103 Å². The molecule has 6 unspecified atom stereocenters. The summed E-state index contributed by atoms with van der Waals surface area (Å²) in [6, 6.07) is 24.1. The van der Waals surface area contributed by atoms with E-state index in [1.54, 1.807) is 6.08 Å². The van der Waals surface area contributed by atoms with Crippen molar-refractivity contribution in [1.29, 1.82) is 0 Å². The number of hydrogen-bond acceptors (Lipinski definition) is 8. The lowest BCUT2D eigenvalue weighted by Crippen LogP contribution is -2.69. The number of ether oxygens (including phenoxy) is 3. The Balaban J connectivity index is 1.42. The monoisotopic (exact) mass is 891 g/mol. The van der Waals surface area contributed by atoms with Gasteiger partial charge in [0.1, 0.15) is 28.9 Å². The molecule has 3 aromatic carbocycles. The molecule has 0 aromatic heterocycles. The molecule has 0 saturated heterocycles. The van der Waals surface area contributed by atoms with Crippen molar-refractivity contribution >= 4 is 11.6 Å². The molecular weight excluding hydrogens is 813 g/mol. The molecule has 0 bridgehead atoms. The fourth-order valence-electron chi connectivity index (χ4n) is 10.4. The average Bonchev–Trinajstić information content (AvgIpc) is 3.30. The van der Waals surface area contributed by atoms with E-state index in [-0.39, 0.29) is 49.4 Å². The minimum Gasteiger partial charge on any atom is -0.459 e. The minimum atomic E-state index is -1.28. The number of oxime groups is 1. The van der Waals surface area contributed by atoms with Gasteiger partial charge in [0, 0.05) is 44.6 Å². The number of aliphatic hydroxyl groups is 2. The van der Waals surface area contributed by atoms with Crippen LogP contribution in [0.3, 0.4) is 0 Å². The van der Waals surface area contributed by atoms with Crippen LogP contribution in [0.25, 0.3) is 11.1 Å². The number of likely N-dealkylation sites (N-methyl/N-ethyl adjacent to an activating group) is 1. The zero-order valence-electron chi connectivity index (χ0n) is 40.1. The maximum absolute atomic E-state index is 14.5. The van der Waals surface area contributed by atoms with Crippen molar-refractivity contribution in [1.82, 2.24) is 4.90 Å². The summed E-state index contributed by atoms with van der Waals surface area (Å²) in [5.74, 6) is 0.686. The molecule has 1 saturated carbocycles. The second-order valence-electron chi connectivity index (χ2n) is 19.6. The Morgan fingerprint density at radius 3 is 2.15 bits per heavy atom. The number of unbranched alkanes of at least 4 members (excludes halogenated alkanes) is 10. The van der Waals surface area contributed by atoms with Crippen molar-refractivity contribution in [2.24, 2.45) is 22.9 Å². The van der Waals surface area contributed by atoms with E-state index in [9.17, 15) is 15.0 Å². The van der Waals surface area contributed by atoms with Crippen molar-refractivity contribution in [2.75, 3.05) is 26.9 Å². The smallest absolute Gasteiger partial charge is 0.239 e. The van der Waals surface area contributed by atoms with Gasteiger partial charge in [0.15, 0.2) is 0 Å². The molecule has 1 fully saturated rings. The number of amides is 1. The van der Waals surface area contributed by atoms with E-state index in [4.69, 9.17) is 24.2 Å². The van der Waals surface area contributed by atoms with Gasteiger partial charge in [-0.15, -0.1) is 6.58 Å². The molecular formula is C56H78N2O7. The van der Waals surface area contributed by atoms with Crippen LogP contribution in [0, 0.1) is 17.8 Å². The van der Waals surface area contributed by atoms with Crippen LogP contribution < -0.4 is 9.47 Å². The first-order chi connectivity index (χ1) is 31.5. The normalized spacial score (nSPS) is 22.9. The SMILES string of the molecule is C=CCOC12Oc3ccc(Oc4ccc(-c5ccccc5)cc4)cc3C3C(CCCCO)C(CCCCO)C=C(C(=NOC(C)(C)C)CC1N(C)C(=O)CCCCCCCCCCC)C32. The van der Waals surface area contributed by atoms with Crippen LogP contribution in [0.1, 0.15) is 148 Å². The highest BCUT2D eigenvalue weighted by Crippen LogP contribution is 2.62. The van der Waals surface area contributed by atoms with Gasteiger partial charge >= 0.3 is 0 Å². The van der Waals surface area contributed by atoms with Gasteiger partial charge in [-0.25, -0.2) is 0 Å². The van der Waals surface area contributed by atoms with Gasteiger partial charge < -0.3 is 34.2 Å². The molecule has 1 aliphatic heterocycles. The van der Waals surface area contributed by atoms with Crippen molar-refractivity contribution in [2.45, 2.75) is 160 Å². The number of carbonyl (C=O) groups excluding carboxylic acids is 1. The van der Waals surface area contributed by atoms with Gasteiger partial charge in [0.25, 0.3) is 0 Å². The van der Waals surface area contributed by atoms with Crippen LogP contribution in [0.2, 0.25) is 0 Å². The molecule has 0 spiro atoms. The zero-order valence-corrected chi connectivity index (χ0v) is 40.1. The number of aliphatic hydroxyl groups excluding tert-OH is 2. The second-order valence-corrected chi connectivity index (χ2v) is 19.6. The number of rotatable bonds is 26. The number of nitrogens with zero attached hydrogens (tertiary/aromatic N) is 2. The van der Waals surface area contributed by atoms with E-state index in [1.165, 1.54) is 38.5 Å². The summed E-state index contributed by atoms with van der Waals surface area (Å²) < 4.78 is 21.1. The van der Waals surface area contributed by atoms with Crippen molar-refractivity contribution in [3.63, 3.8) is 0 Å². The first-order valence-electron chi connectivity index (χ1n) is 24.9. The Kier molecular flexibility index (Phi) is 18.7. The van der Waals surface area contributed by atoms with E-state index in [2.05, 4.69) is 49.9 Å². The lowest BCUT2D eigenvalue weighted by molar-refractivity contribution is -0.255. The number of benzene rings is 3. The zero-order chi connectivity index (χ0) is 46.2. The number of hydrogen-bond donors (Lipinski definition) is 2. The summed E-state index contributed by atoms with van der Waals surface area (Å²) in [5, 5.41) is 24.9. The predicted octanol–water partition coefficient (Wildman–Crippen LogP) is 13.0. The van der Waals surface area contributed by atoms with Crippen LogP contribution >= 0.6 is 0 Å². The van der Waals surface area contributed by atoms with Gasteiger partial charge in [0.05, 0.1) is 18.2 Å². The van der Waals surface area contributed by atoms with Gasteiger partial charge in [-0.2, -0.15) is 0 Å². The lowest BCUT2D eigenvalue weighted by Gasteiger charge is -2.59. The summed E-state index contributed by atoms with van der Waals surface area (Å²) in [6.45, 7) is 12.8. The molecule has 354 valence electrons. The predicted molar refractivity (Wildman–Crippen MR) is 262 cm³/mol. The standard InChI is InChI=1S/C56H78N2O7/c1-7-9-10-11-12-13-14-15-19-28-52(61)58(6)51-40-49(57-65-55(3,4)5)47-38-43(26-20-22-35-59)46(27-21-23-36-60)53-48-39-45(33-34-50(48)64-56(51,54(47)53)62-37-8-2)63-44-31-29-42(30-32-44)41-24-17-16-18-25-41/h8,16-18,24-25,29-34,38-39,43,46,51,53-54,59-60H,2,7,9-15,19-23,26-28,35-37,40H2,1,3-6H3. The van der Waals surface area contributed by atoms with Crippen LogP contribution in [-0.2, 0) is 14.4 Å². The fourth-order valence-corrected chi connectivity index (χ4v) is 10.4. The molecule has 9 nitrogen and oxygen atoms in total. The summed E-state index contributed by atoms with van der Waals surface area (Å²) in [4.78, 5) is 22.6. The Morgan fingerprint density at radius 2 is 1.49 bits per heavy atom. The number of fused-ring (bicyclic) bond motifs is 2. The van der Waals surface area contributed by atoms with Gasteiger partial charge in [0.2, 0.25) is 11.7 Å². The quantitative estimate of drug-likeness (QED) is 0.0469. The molecule has 3 aromatic rings. The number of allylic oxidation sites excluding steroid dienone is 1. The second kappa shape index (κ2) is 24.4. The van der Waals surface area contributed by atoms with E-state index in [0.29, 0.717) is 37.2 Å². The first-order valence-corrected chi connectivity index (χ1v) is 24.9. The van der Waals surface area contributed by atoms with Gasteiger partial charge in [-0.1, -0.05) is 131 Å².